The third kappa shape index (κ3) is 6.05. The van der Waals surface area contributed by atoms with Crippen LogP contribution in [0.5, 0.6) is 0 Å². The van der Waals surface area contributed by atoms with Crippen LogP contribution >= 0.6 is 0 Å². The van der Waals surface area contributed by atoms with E-state index in [4.69, 9.17) is 0 Å². The summed E-state index contributed by atoms with van der Waals surface area (Å²) in [6.07, 6.45) is 0. The molecule has 0 saturated carbocycles. The molecular weight excluding hydrogens is 853 g/mol. The Morgan fingerprint density at radius 1 is 0.169 bits per heavy atom. The second kappa shape index (κ2) is 16.0. The Balaban J connectivity index is 0.00000470. The zero-order valence-electron chi connectivity index (χ0n) is 38.2. The van der Waals surface area contributed by atoms with Crippen molar-refractivity contribution in [2.75, 3.05) is 0 Å². The van der Waals surface area contributed by atoms with Crippen LogP contribution in [0.3, 0.4) is 0 Å². The Labute approximate surface area is 413 Å². The zero-order valence-corrected chi connectivity index (χ0v) is 38.2. The monoisotopic (exact) mass is 898 g/mol. The average molecular weight is 899 g/mol. The average Bonchev–Trinajstić information content (AvgIpc) is 3.94. The van der Waals surface area contributed by atoms with Gasteiger partial charge in [0.1, 0.15) is 0 Å². The van der Waals surface area contributed by atoms with Gasteiger partial charge in [0.05, 0.1) is 0 Å². The van der Waals surface area contributed by atoms with E-state index in [1.165, 1.54) is 153 Å². The lowest BCUT2D eigenvalue weighted by Crippen LogP contribution is -1.91. The van der Waals surface area contributed by atoms with Crippen molar-refractivity contribution in [3.63, 3.8) is 0 Å². The Morgan fingerprint density at radius 2 is 0.592 bits per heavy atom. The summed E-state index contributed by atoms with van der Waals surface area (Å²) < 4.78 is 0. The fourth-order valence-electron chi connectivity index (χ4n) is 12.4. The van der Waals surface area contributed by atoms with Gasteiger partial charge in [0.2, 0.25) is 0 Å². The van der Waals surface area contributed by atoms with E-state index in [1.807, 2.05) is 0 Å². The third-order valence-electron chi connectivity index (χ3n) is 15.3. The van der Waals surface area contributed by atoms with Crippen LogP contribution in [0.25, 0.3) is 153 Å². The van der Waals surface area contributed by atoms with Gasteiger partial charge >= 0.3 is 0 Å². The molecule has 0 saturated heterocycles. The van der Waals surface area contributed by atoms with E-state index in [1.54, 1.807) is 0 Å². The molecule has 0 aliphatic carbocycles. The molecule has 0 heterocycles. The van der Waals surface area contributed by atoms with E-state index in [0.29, 0.717) is 0 Å². The predicted octanol–water partition coefficient (Wildman–Crippen LogP) is 20.4. The fraction of sp³-hybridized carbons (Fsp3) is 0.0141. The van der Waals surface area contributed by atoms with E-state index in [-0.39, 0.29) is 7.43 Å². The fourth-order valence-corrected chi connectivity index (χ4v) is 12.4. The molecule has 0 fully saturated rings. The molecule has 15 aromatic rings. The summed E-state index contributed by atoms with van der Waals surface area (Å²) in [7, 11) is 0. The lowest BCUT2D eigenvalue weighted by molar-refractivity contribution is 1.60. The van der Waals surface area contributed by atoms with Crippen molar-refractivity contribution in [2.45, 2.75) is 7.43 Å². The van der Waals surface area contributed by atoms with E-state index < -0.39 is 0 Å². The summed E-state index contributed by atoms with van der Waals surface area (Å²) in [5, 5.41) is 20.8. The zero-order chi connectivity index (χ0) is 45.9. The van der Waals surface area contributed by atoms with E-state index >= 15 is 0 Å². The quantitative estimate of drug-likeness (QED) is 0.146. The molecule has 0 unspecified atom stereocenters. The first-order valence-electron chi connectivity index (χ1n) is 24.4. The summed E-state index contributed by atoms with van der Waals surface area (Å²) in [5.74, 6) is 0. The second-order valence-electron chi connectivity index (χ2n) is 19.0. The van der Waals surface area contributed by atoms with E-state index in [0.717, 1.165) is 0 Å². The number of fused-ring (bicyclic) bond motifs is 10. The highest BCUT2D eigenvalue weighted by Crippen LogP contribution is 2.55. The highest BCUT2D eigenvalue weighted by molar-refractivity contribution is 6.46. The van der Waals surface area contributed by atoms with Gasteiger partial charge in [-0.3, -0.25) is 0 Å². The number of rotatable bonds is 6. The minimum absolute atomic E-state index is 0. The number of hydrogen-bond donors (Lipinski definition) is 0. The lowest BCUT2D eigenvalue weighted by atomic mass is 9.84. The maximum Gasteiger partial charge on any atom is -0.000697 e. The topological polar surface area (TPSA) is 0 Å². The SMILES string of the molecule is C.c1ccc(-c2ccccc2-c2ccc3cc4c5c(-c6ccccc6)c6c(cc7c8ccc(-c9ccccc9-c9ccccc9)cc8c8cccc6c87)c(-c6ccccc6)c5c5cccc(c3c2)c54)cc1. The highest BCUT2D eigenvalue weighted by Gasteiger charge is 2.27. The van der Waals surface area contributed by atoms with E-state index in [9.17, 15) is 0 Å². The molecule has 0 atom stereocenters. The molecule has 0 spiro atoms. The van der Waals surface area contributed by atoms with Crippen LogP contribution in [0.2, 0.25) is 0 Å². The van der Waals surface area contributed by atoms with Crippen molar-refractivity contribution < 1.29 is 0 Å². The van der Waals surface area contributed by atoms with E-state index in [2.05, 4.69) is 255 Å². The Hall–Kier alpha value is -9.10. The number of hydrogen-bond acceptors (Lipinski definition) is 0. The first-order chi connectivity index (χ1) is 34.8. The van der Waals surface area contributed by atoms with Crippen LogP contribution in [-0.4, -0.2) is 0 Å². The van der Waals surface area contributed by atoms with Gasteiger partial charge in [0.15, 0.2) is 0 Å². The minimum atomic E-state index is 0. The van der Waals surface area contributed by atoms with Crippen LogP contribution in [0, 0.1) is 0 Å². The Kier molecular flexibility index (Phi) is 9.22. The van der Waals surface area contributed by atoms with Crippen molar-refractivity contribution in [1.29, 1.82) is 0 Å². The molecule has 0 N–H and O–H groups in total. The first kappa shape index (κ1) is 40.9. The summed E-state index contributed by atoms with van der Waals surface area (Å²) >= 11 is 0. The molecule has 0 radical (unpaired) electrons. The first-order valence-corrected chi connectivity index (χ1v) is 24.4. The van der Waals surface area contributed by atoms with Crippen LogP contribution in [0.4, 0.5) is 0 Å². The predicted molar refractivity (Wildman–Crippen MR) is 308 cm³/mol. The molecule has 0 nitrogen and oxygen atoms in total. The Bertz CT molecular complexity index is 4440. The number of benzene rings is 13. The molecule has 0 bridgehead atoms. The maximum absolute atomic E-state index is 2.55. The molecule has 0 aliphatic heterocycles. The molecule has 330 valence electrons. The molecule has 15 rings (SSSR count). The van der Waals surface area contributed by atoms with Gasteiger partial charge in [-0.1, -0.05) is 238 Å². The summed E-state index contributed by atoms with van der Waals surface area (Å²) in [6.45, 7) is 0. The largest absolute Gasteiger partial charge is 0.0776 e. The van der Waals surface area contributed by atoms with Crippen molar-refractivity contribution in [1.82, 2.24) is 0 Å². The molecule has 0 aromatic heterocycles. The molecule has 71 heavy (non-hydrogen) atoms. The van der Waals surface area contributed by atoms with Crippen molar-refractivity contribution >= 4 is 86.2 Å². The molecule has 15 aromatic carbocycles. The van der Waals surface area contributed by atoms with Gasteiger partial charge in [0.25, 0.3) is 0 Å². The summed E-state index contributed by atoms with van der Waals surface area (Å²) in [6, 6.07) is 95.0. The van der Waals surface area contributed by atoms with Gasteiger partial charge < -0.3 is 0 Å². The van der Waals surface area contributed by atoms with Gasteiger partial charge in [-0.05, 0) is 177 Å². The van der Waals surface area contributed by atoms with Gasteiger partial charge in [0, 0.05) is 0 Å². The smallest absolute Gasteiger partial charge is 0.000697 e. The molecule has 0 aliphatic rings. The standard InChI is InChI=1S/C70H42.CH4/c1-5-19-43(20-6-1)50-27-13-15-29-52(50)47-35-36-49-41-62-67-55(59(49)39-47)31-17-34-58(67)69-64(45-23-9-3-10-24-45)63-42-61-54-38-37-48(53-30-16-14-28-51(53)44-21-7-2-8-22-44)40-60(54)56-32-18-33-57(66(56)61)68(63)65(70(62)69)46-25-11-4-12-26-46;/h1-42H;1H4. The van der Waals surface area contributed by atoms with Crippen LogP contribution in [0.15, 0.2) is 255 Å². The van der Waals surface area contributed by atoms with Crippen molar-refractivity contribution in [2.24, 2.45) is 0 Å². The van der Waals surface area contributed by atoms with Gasteiger partial charge in [-0.15, -0.1) is 0 Å². The Morgan fingerprint density at radius 3 is 1.17 bits per heavy atom. The second-order valence-corrected chi connectivity index (χ2v) is 19.0. The minimum Gasteiger partial charge on any atom is -0.0776 e. The van der Waals surface area contributed by atoms with Crippen molar-refractivity contribution in [3.8, 4) is 66.8 Å². The normalized spacial score (nSPS) is 11.8. The summed E-state index contributed by atoms with van der Waals surface area (Å²) in [5.41, 5.74) is 14.9. The summed E-state index contributed by atoms with van der Waals surface area (Å²) in [4.78, 5) is 0. The van der Waals surface area contributed by atoms with Gasteiger partial charge in [-0.2, -0.15) is 0 Å². The maximum atomic E-state index is 2.55. The van der Waals surface area contributed by atoms with Crippen molar-refractivity contribution in [3.05, 3.63) is 255 Å². The van der Waals surface area contributed by atoms with Crippen LogP contribution < -0.4 is 0 Å². The van der Waals surface area contributed by atoms with Crippen LogP contribution in [-0.2, 0) is 0 Å². The van der Waals surface area contributed by atoms with Crippen LogP contribution in [0.1, 0.15) is 7.43 Å². The third-order valence-corrected chi connectivity index (χ3v) is 15.3. The lowest BCUT2D eigenvalue weighted by Gasteiger charge is -2.19. The van der Waals surface area contributed by atoms with Gasteiger partial charge in [-0.25, -0.2) is 0 Å². The highest BCUT2D eigenvalue weighted by atomic mass is 14.3. The molecular formula is C71H46. The molecule has 0 heteroatoms. The molecule has 0 amide bonds.